The Kier molecular flexibility index (Phi) is 4.37. The number of carbonyl (C=O) groups is 1. The maximum absolute atomic E-state index is 11.3. The molecule has 1 aliphatic heterocycles. The molecule has 2 rings (SSSR count). The van der Waals surface area contributed by atoms with Crippen LogP contribution in [0.3, 0.4) is 0 Å². The first-order chi connectivity index (χ1) is 8.66. The average molecular weight is 247 g/mol. The number of likely N-dealkylation sites (tertiary alicyclic amines) is 1. The Hall–Kier alpha value is -1.35. The van der Waals surface area contributed by atoms with E-state index in [0.717, 1.165) is 25.9 Å². The molecule has 0 aliphatic carbocycles. The van der Waals surface area contributed by atoms with Crippen LogP contribution in [0.25, 0.3) is 0 Å². The summed E-state index contributed by atoms with van der Waals surface area (Å²) in [4.78, 5) is 12.8. The van der Waals surface area contributed by atoms with Crippen molar-refractivity contribution in [3.05, 3.63) is 35.9 Å². The molecule has 1 aliphatic rings. The van der Waals surface area contributed by atoms with Gasteiger partial charge in [-0.15, -0.1) is 0 Å². The number of hydrogen-bond donors (Lipinski definition) is 2. The molecule has 0 aromatic heterocycles. The average Bonchev–Trinajstić information content (AvgIpc) is 2.40. The molecule has 1 aromatic rings. The summed E-state index contributed by atoms with van der Waals surface area (Å²) in [6.45, 7) is 5.43. The molecule has 1 unspecified atom stereocenters. The molecule has 98 valence electrons. The van der Waals surface area contributed by atoms with Crippen LogP contribution < -0.4 is 10.6 Å². The van der Waals surface area contributed by atoms with Crippen molar-refractivity contribution in [3.8, 4) is 0 Å². The van der Waals surface area contributed by atoms with E-state index in [1.807, 2.05) is 6.07 Å². The number of rotatable bonds is 4. The first kappa shape index (κ1) is 13.1. The van der Waals surface area contributed by atoms with Crippen LogP contribution in [0.1, 0.15) is 31.2 Å². The fourth-order valence-corrected chi connectivity index (χ4v) is 2.91. The smallest absolute Gasteiger partial charge is 0.226 e. The van der Waals surface area contributed by atoms with Gasteiger partial charge in [-0.3, -0.25) is 4.79 Å². The maximum atomic E-state index is 11.3. The molecule has 3 heteroatoms. The molecule has 3 N–H and O–H groups in total. The van der Waals surface area contributed by atoms with Crippen molar-refractivity contribution in [1.82, 2.24) is 0 Å². The van der Waals surface area contributed by atoms with Gasteiger partial charge in [0.2, 0.25) is 5.91 Å². The summed E-state index contributed by atoms with van der Waals surface area (Å²) >= 11 is 0. The molecule has 1 fully saturated rings. The van der Waals surface area contributed by atoms with Crippen molar-refractivity contribution < 1.29 is 9.69 Å². The summed E-state index contributed by atoms with van der Waals surface area (Å²) in [7, 11) is 0. The lowest BCUT2D eigenvalue weighted by atomic mass is 9.95. The van der Waals surface area contributed by atoms with Crippen LogP contribution in [0.2, 0.25) is 0 Å². The molecule has 0 bridgehead atoms. The lowest BCUT2D eigenvalue weighted by Crippen LogP contribution is -3.14. The molecule has 0 saturated carbocycles. The lowest BCUT2D eigenvalue weighted by molar-refractivity contribution is -0.908. The fraction of sp³-hybridized carbons (Fsp3) is 0.533. The van der Waals surface area contributed by atoms with Gasteiger partial charge in [-0.1, -0.05) is 37.3 Å². The van der Waals surface area contributed by atoms with Gasteiger partial charge in [0.05, 0.1) is 25.6 Å². The Labute approximate surface area is 109 Å². The molecule has 1 heterocycles. The molecular formula is C15H23N2O+. The van der Waals surface area contributed by atoms with Crippen LogP contribution in [0.5, 0.6) is 0 Å². The number of benzene rings is 1. The fourth-order valence-electron chi connectivity index (χ4n) is 2.91. The van der Waals surface area contributed by atoms with Gasteiger partial charge in [-0.25, -0.2) is 0 Å². The third kappa shape index (κ3) is 3.33. The van der Waals surface area contributed by atoms with Crippen LogP contribution in [0.15, 0.2) is 30.3 Å². The topological polar surface area (TPSA) is 47.5 Å². The van der Waals surface area contributed by atoms with E-state index in [1.54, 1.807) is 0 Å². The predicted octanol–water partition coefficient (Wildman–Crippen LogP) is 0.570. The number of quaternary nitrogens is 1. The highest BCUT2D eigenvalue weighted by Crippen LogP contribution is 2.13. The number of nitrogens with two attached hydrogens (primary N) is 1. The molecule has 1 saturated heterocycles. The highest BCUT2D eigenvalue weighted by atomic mass is 16.1. The minimum atomic E-state index is -0.125. The molecule has 0 radical (unpaired) electrons. The maximum Gasteiger partial charge on any atom is 0.226 e. The number of amides is 1. The van der Waals surface area contributed by atoms with Gasteiger partial charge in [0.15, 0.2) is 0 Å². The third-order valence-electron chi connectivity index (χ3n) is 3.98. The Morgan fingerprint density at radius 2 is 2.17 bits per heavy atom. The number of carbonyl (C=O) groups excluding carboxylic acids is 1. The van der Waals surface area contributed by atoms with Crippen molar-refractivity contribution in [3.63, 3.8) is 0 Å². The zero-order chi connectivity index (χ0) is 13.0. The van der Waals surface area contributed by atoms with Crippen LogP contribution in [-0.2, 0) is 4.79 Å². The summed E-state index contributed by atoms with van der Waals surface area (Å²) in [5.41, 5.74) is 6.80. The van der Waals surface area contributed by atoms with E-state index >= 15 is 0 Å². The summed E-state index contributed by atoms with van der Waals surface area (Å²) < 4.78 is 0. The summed E-state index contributed by atoms with van der Waals surface area (Å²) in [6, 6.07) is 10.6. The number of primary amides is 1. The van der Waals surface area contributed by atoms with Gasteiger partial charge in [-0.05, 0) is 18.4 Å². The zero-order valence-corrected chi connectivity index (χ0v) is 11.1. The normalized spacial score (nSPS) is 25.6. The van der Waals surface area contributed by atoms with E-state index in [1.165, 1.54) is 17.0 Å². The molecular weight excluding hydrogens is 224 g/mol. The Morgan fingerprint density at radius 3 is 2.83 bits per heavy atom. The second-order valence-electron chi connectivity index (χ2n) is 5.46. The van der Waals surface area contributed by atoms with Crippen molar-refractivity contribution in [2.75, 3.05) is 19.6 Å². The van der Waals surface area contributed by atoms with Crippen molar-refractivity contribution in [2.24, 2.45) is 11.7 Å². The van der Waals surface area contributed by atoms with E-state index in [-0.39, 0.29) is 11.8 Å². The summed E-state index contributed by atoms with van der Waals surface area (Å²) in [5.74, 6) is 0.490. The molecule has 1 aromatic carbocycles. The quantitative estimate of drug-likeness (QED) is 0.803. The second-order valence-corrected chi connectivity index (χ2v) is 5.46. The van der Waals surface area contributed by atoms with E-state index < -0.39 is 0 Å². The monoisotopic (exact) mass is 247 g/mol. The molecule has 3 atom stereocenters. The zero-order valence-electron chi connectivity index (χ0n) is 11.1. The molecule has 1 amide bonds. The number of hydrogen-bond acceptors (Lipinski definition) is 1. The SMILES string of the molecule is C[C@H](C[NH+]1CCC[C@H](C(N)=O)C1)c1ccccc1. The minimum Gasteiger partial charge on any atom is -0.369 e. The third-order valence-corrected chi connectivity index (χ3v) is 3.98. The summed E-state index contributed by atoms with van der Waals surface area (Å²) in [5, 5.41) is 0. The lowest BCUT2D eigenvalue weighted by Gasteiger charge is -2.30. The van der Waals surface area contributed by atoms with E-state index in [9.17, 15) is 4.79 Å². The van der Waals surface area contributed by atoms with E-state index in [0.29, 0.717) is 5.92 Å². The standard InChI is InChI=1S/C15H22N2O/c1-12(13-6-3-2-4-7-13)10-17-9-5-8-14(11-17)15(16)18/h2-4,6-7,12,14H,5,8-11H2,1H3,(H2,16,18)/p+1/t12-,14+/m1/s1. The number of nitrogens with one attached hydrogen (secondary N) is 1. The van der Waals surface area contributed by atoms with Gasteiger partial charge in [0.1, 0.15) is 0 Å². The molecule has 18 heavy (non-hydrogen) atoms. The largest absolute Gasteiger partial charge is 0.369 e. The highest BCUT2D eigenvalue weighted by Gasteiger charge is 2.28. The van der Waals surface area contributed by atoms with E-state index in [4.69, 9.17) is 5.73 Å². The Bertz CT molecular complexity index is 391. The Balaban J connectivity index is 1.91. The first-order valence-corrected chi connectivity index (χ1v) is 6.84. The van der Waals surface area contributed by atoms with Gasteiger partial charge in [-0.2, -0.15) is 0 Å². The number of piperidine rings is 1. The van der Waals surface area contributed by atoms with Crippen molar-refractivity contribution in [1.29, 1.82) is 0 Å². The van der Waals surface area contributed by atoms with E-state index in [2.05, 4.69) is 31.2 Å². The van der Waals surface area contributed by atoms with Gasteiger partial charge < -0.3 is 10.6 Å². The van der Waals surface area contributed by atoms with Gasteiger partial charge in [0.25, 0.3) is 0 Å². The van der Waals surface area contributed by atoms with Gasteiger partial charge >= 0.3 is 0 Å². The molecule has 3 nitrogen and oxygen atoms in total. The van der Waals surface area contributed by atoms with Crippen LogP contribution in [0, 0.1) is 5.92 Å². The van der Waals surface area contributed by atoms with Crippen LogP contribution in [0.4, 0.5) is 0 Å². The highest BCUT2D eigenvalue weighted by molar-refractivity contribution is 5.76. The molecule has 0 spiro atoms. The van der Waals surface area contributed by atoms with Crippen LogP contribution in [-0.4, -0.2) is 25.5 Å². The first-order valence-electron chi connectivity index (χ1n) is 6.84. The van der Waals surface area contributed by atoms with Gasteiger partial charge in [0, 0.05) is 5.92 Å². The second kappa shape index (κ2) is 6.01. The van der Waals surface area contributed by atoms with Crippen LogP contribution >= 0.6 is 0 Å². The minimum absolute atomic E-state index is 0.0803. The predicted molar refractivity (Wildman–Crippen MR) is 72.3 cm³/mol. The summed E-state index contributed by atoms with van der Waals surface area (Å²) in [6.07, 6.45) is 2.09. The van der Waals surface area contributed by atoms with Crippen molar-refractivity contribution >= 4 is 5.91 Å². The van der Waals surface area contributed by atoms with Crippen molar-refractivity contribution in [2.45, 2.75) is 25.7 Å². The Morgan fingerprint density at radius 1 is 1.44 bits per heavy atom.